The second-order valence-corrected chi connectivity index (χ2v) is 6.27. The lowest BCUT2D eigenvalue weighted by atomic mass is 10.1. The monoisotopic (exact) mass is 377 g/mol. The topological polar surface area (TPSA) is 131 Å². The van der Waals surface area contributed by atoms with Crippen LogP contribution in [0.3, 0.4) is 0 Å². The second-order valence-electron chi connectivity index (χ2n) is 6.27. The number of nitrogen functional groups attached to an aromatic ring is 3. The molecular formula is C21H19N3O4. The number of aryl methyl sites for hydroxylation is 1. The number of ether oxygens (including phenoxy) is 2. The van der Waals surface area contributed by atoms with Gasteiger partial charge in [0.25, 0.3) is 0 Å². The summed E-state index contributed by atoms with van der Waals surface area (Å²) in [7, 11) is 0. The Hall–Kier alpha value is -4.00. The molecule has 7 nitrogen and oxygen atoms in total. The average Bonchev–Trinajstić information content (AvgIpc) is 2.61. The van der Waals surface area contributed by atoms with Crippen LogP contribution in [0.1, 0.15) is 26.3 Å². The van der Waals surface area contributed by atoms with Gasteiger partial charge in [-0.3, -0.25) is 0 Å². The number of carbonyl (C=O) groups is 2. The standard InChI is InChI=1S/C21H19N3O4/c1-12-6-13(8-15(22)7-12)20(25)27-18-2-4-19(5-3-18)28-21(26)14-9-16(23)11-17(24)10-14/h2-11H,22-24H2,1H3. The average molecular weight is 377 g/mol. The van der Waals surface area contributed by atoms with E-state index in [1.165, 1.54) is 36.4 Å². The van der Waals surface area contributed by atoms with Gasteiger partial charge in [-0.15, -0.1) is 0 Å². The Bertz CT molecular complexity index is 921. The minimum absolute atomic E-state index is 0.241. The predicted molar refractivity (Wildman–Crippen MR) is 107 cm³/mol. The van der Waals surface area contributed by atoms with Crippen molar-refractivity contribution in [2.24, 2.45) is 0 Å². The molecule has 0 unspecified atom stereocenters. The van der Waals surface area contributed by atoms with Gasteiger partial charge in [0.05, 0.1) is 11.1 Å². The highest BCUT2D eigenvalue weighted by atomic mass is 16.5. The van der Waals surface area contributed by atoms with Gasteiger partial charge >= 0.3 is 11.9 Å². The normalized spacial score (nSPS) is 10.3. The van der Waals surface area contributed by atoms with E-state index in [1.807, 2.05) is 6.92 Å². The molecule has 0 saturated carbocycles. The summed E-state index contributed by atoms with van der Waals surface area (Å²) in [6, 6.07) is 15.6. The Kier molecular flexibility index (Phi) is 5.17. The first-order chi connectivity index (χ1) is 13.3. The number of rotatable bonds is 4. The molecule has 0 saturated heterocycles. The molecule has 0 spiro atoms. The van der Waals surface area contributed by atoms with Crippen LogP contribution in [-0.4, -0.2) is 11.9 Å². The van der Waals surface area contributed by atoms with Crippen molar-refractivity contribution in [1.82, 2.24) is 0 Å². The van der Waals surface area contributed by atoms with Crippen LogP contribution in [0.4, 0.5) is 17.1 Å². The fourth-order valence-corrected chi connectivity index (χ4v) is 2.63. The van der Waals surface area contributed by atoms with Gasteiger partial charge in [0.2, 0.25) is 0 Å². The predicted octanol–water partition coefficient (Wildman–Crippen LogP) is 3.18. The van der Waals surface area contributed by atoms with Crippen molar-refractivity contribution in [3.8, 4) is 11.5 Å². The smallest absolute Gasteiger partial charge is 0.343 e. The van der Waals surface area contributed by atoms with Gasteiger partial charge in [0, 0.05) is 17.1 Å². The van der Waals surface area contributed by atoms with Crippen molar-refractivity contribution >= 4 is 29.0 Å². The molecule has 3 aromatic rings. The maximum atomic E-state index is 12.2. The van der Waals surface area contributed by atoms with Gasteiger partial charge in [-0.1, -0.05) is 0 Å². The first-order valence-corrected chi connectivity index (χ1v) is 8.38. The molecule has 0 fully saturated rings. The molecule has 0 aliphatic rings. The first kappa shape index (κ1) is 18.8. The highest BCUT2D eigenvalue weighted by Gasteiger charge is 2.12. The Morgan fingerprint density at radius 3 is 1.46 bits per heavy atom. The Labute approximate surface area is 161 Å². The molecular weight excluding hydrogens is 358 g/mol. The molecule has 0 heterocycles. The fraction of sp³-hybridized carbons (Fsp3) is 0.0476. The number of anilines is 3. The molecule has 0 aromatic heterocycles. The zero-order valence-electron chi connectivity index (χ0n) is 15.1. The summed E-state index contributed by atoms with van der Waals surface area (Å²) in [6.07, 6.45) is 0. The van der Waals surface area contributed by atoms with Crippen LogP contribution in [0, 0.1) is 6.92 Å². The van der Waals surface area contributed by atoms with Crippen molar-refractivity contribution in [3.63, 3.8) is 0 Å². The Morgan fingerprint density at radius 2 is 1.04 bits per heavy atom. The highest BCUT2D eigenvalue weighted by Crippen LogP contribution is 2.22. The zero-order valence-corrected chi connectivity index (χ0v) is 15.1. The van der Waals surface area contributed by atoms with Gasteiger partial charge in [-0.25, -0.2) is 9.59 Å². The second kappa shape index (κ2) is 7.71. The summed E-state index contributed by atoms with van der Waals surface area (Å²) >= 11 is 0. The fourth-order valence-electron chi connectivity index (χ4n) is 2.63. The molecule has 0 radical (unpaired) electrons. The zero-order chi connectivity index (χ0) is 20.3. The molecule has 28 heavy (non-hydrogen) atoms. The largest absolute Gasteiger partial charge is 0.423 e. The van der Waals surface area contributed by atoms with E-state index in [0.29, 0.717) is 28.4 Å². The molecule has 3 rings (SSSR count). The van der Waals surface area contributed by atoms with Crippen molar-refractivity contribution in [3.05, 3.63) is 77.4 Å². The number of hydrogen-bond acceptors (Lipinski definition) is 7. The van der Waals surface area contributed by atoms with E-state index in [0.717, 1.165) is 5.56 Å². The lowest BCUT2D eigenvalue weighted by molar-refractivity contribution is 0.0719. The summed E-state index contributed by atoms with van der Waals surface area (Å²) in [6.45, 7) is 1.84. The highest BCUT2D eigenvalue weighted by molar-refractivity contribution is 5.93. The van der Waals surface area contributed by atoms with Crippen LogP contribution >= 0.6 is 0 Å². The molecule has 0 aliphatic carbocycles. The van der Waals surface area contributed by atoms with Crippen molar-refractivity contribution in [2.45, 2.75) is 6.92 Å². The number of benzene rings is 3. The van der Waals surface area contributed by atoms with Gasteiger partial charge in [-0.05, 0) is 73.2 Å². The van der Waals surface area contributed by atoms with Crippen molar-refractivity contribution in [1.29, 1.82) is 0 Å². The summed E-state index contributed by atoms with van der Waals surface area (Å²) in [5.74, 6) is -0.543. The first-order valence-electron chi connectivity index (χ1n) is 8.38. The van der Waals surface area contributed by atoms with Gasteiger partial charge in [0.1, 0.15) is 11.5 Å². The van der Waals surface area contributed by atoms with Crippen molar-refractivity contribution in [2.75, 3.05) is 17.2 Å². The lowest BCUT2D eigenvalue weighted by Gasteiger charge is -2.08. The molecule has 6 N–H and O–H groups in total. The third kappa shape index (κ3) is 4.59. The van der Waals surface area contributed by atoms with E-state index in [-0.39, 0.29) is 11.3 Å². The molecule has 3 aromatic carbocycles. The Balaban J connectivity index is 1.67. The van der Waals surface area contributed by atoms with Gasteiger partial charge in [0.15, 0.2) is 0 Å². The number of hydrogen-bond donors (Lipinski definition) is 3. The minimum atomic E-state index is -0.598. The third-order valence-electron chi connectivity index (χ3n) is 3.79. The Morgan fingerprint density at radius 1 is 0.643 bits per heavy atom. The third-order valence-corrected chi connectivity index (χ3v) is 3.79. The summed E-state index contributed by atoms with van der Waals surface area (Å²) in [5.41, 5.74) is 19.8. The maximum Gasteiger partial charge on any atom is 0.343 e. The molecule has 0 aliphatic heterocycles. The van der Waals surface area contributed by atoms with E-state index < -0.39 is 11.9 Å². The van der Waals surface area contributed by atoms with Crippen LogP contribution < -0.4 is 26.7 Å². The molecule has 0 bridgehead atoms. The molecule has 7 heteroatoms. The van der Waals surface area contributed by atoms with E-state index in [4.69, 9.17) is 26.7 Å². The number of nitrogens with two attached hydrogens (primary N) is 3. The lowest BCUT2D eigenvalue weighted by Crippen LogP contribution is -2.10. The maximum absolute atomic E-state index is 12.2. The number of carbonyl (C=O) groups excluding carboxylic acids is 2. The molecule has 0 amide bonds. The quantitative estimate of drug-likeness (QED) is 0.361. The van der Waals surface area contributed by atoms with Gasteiger partial charge in [-0.2, -0.15) is 0 Å². The van der Waals surface area contributed by atoms with E-state index in [1.54, 1.807) is 24.3 Å². The summed E-state index contributed by atoms with van der Waals surface area (Å²) in [5, 5.41) is 0. The van der Waals surface area contributed by atoms with Gasteiger partial charge < -0.3 is 26.7 Å². The van der Waals surface area contributed by atoms with Crippen molar-refractivity contribution < 1.29 is 19.1 Å². The summed E-state index contributed by atoms with van der Waals surface area (Å²) < 4.78 is 10.6. The van der Waals surface area contributed by atoms with Crippen LogP contribution in [0.2, 0.25) is 0 Å². The summed E-state index contributed by atoms with van der Waals surface area (Å²) in [4.78, 5) is 24.4. The molecule has 142 valence electrons. The minimum Gasteiger partial charge on any atom is -0.423 e. The molecule has 0 atom stereocenters. The van der Waals surface area contributed by atoms with Crippen LogP contribution in [0.5, 0.6) is 11.5 Å². The van der Waals surface area contributed by atoms with E-state index in [9.17, 15) is 9.59 Å². The van der Waals surface area contributed by atoms with Crippen LogP contribution in [0.15, 0.2) is 60.7 Å². The van der Waals surface area contributed by atoms with Crippen LogP contribution in [-0.2, 0) is 0 Å². The van der Waals surface area contributed by atoms with E-state index >= 15 is 0 Å². The van der Waals surface area contributed by atoms with E-state index in [2.05, 4.69) is 0 Å². The SMILES string of the molecule is Cc1cc(N)cc(C(=O)Oc2ccc(OC(=O)c3cc(N)cc(N)c3)cc2)c1. The number of esters is 2. The van der Waals surface area contributed by atoms with Crippen LogP contribution in [0.25, 0.3) is 0 Å².